The van der Waals surface area contributed by atoms with Gasteiger partial charge < -0.3 is 28.6 Å². The largest absolute Gasteiger partial charge is 0.493 e. The SMILES string of the molecule is COc1cc(CN2CCOCC(O)(COc3ccc(C)cc3)C2)ccc1OCCCn1ccnc1C. The van der Waals surface area contributed by atoms with E-state index in [1.165, 1.54) is 5.56 Å². The molecule has 0 amide bonds. The second-order valence-corrected chi connectivity index (χ2v) is 9.44. The molecule has 0 spiro atoms. The number of rotatable bonds is 11. The molecular formula is C28H37N3O5. The molecule has 1 fully saturated rings. The van der Waals surface area contributed by atoms with Crippen LogP contribution in [0.4, 0.5) is 0 Å². The topological polar surface area (TPSA) is 78.2 Å². The first-order valence-corrected chi connectivity index (χ1v) is 12.4. The van der Waals surface area contributed by atoms with E-state index < -0.39 is 5.60 Å². The first kappa shape index (κ1) is 26.0. The molecule has 1 aliphatic heterocycles. The Kier molecular flexibility index (Phi) is 8.85. The summed E-state index contributed by atoms with van der Waals surface area (Å²) in [7, 11) is 1.65. The zero-order valence-corrected chi connectivity index (χ0v) is 21.5. The van der Waals surface area contributed by atoms with Gasteiger partial charge in [-0.1, -0.05) is 23.8 Å². The first-order valence-electron chi connectivity index (χ1n) is 12.4. The van der Waals surface area contributed by atoms with Crippen LogP contribution in [-0.4, -0.2) is 71.8 Å². The van der Waals surface area contributed by atoms with Crippen LogP contribution in [0.5, 0.6) is 17.2 Å². The van der Waals surface area contributed by atoms with Gasteiger partial charge in [0.2, 0.25) is 0 Å². The van der Waals surface area contributed by atoms with E-state index in [1.54, 1.807) is 7.11 Å². The molecule has 1 atom stereocenters. The van der Waals surface area contributed by atoms with Crippen molar-refractivity contribution in [1.82, 2.24) is 14.5 Å². The van der Waals surface area contributed by atoms with Crippen molar-refractivity contribution < 1.29 is 24.1 Å². The van der Waals surface area contributed by atoms with E-state index in [-0.39, 0.29) is 13.2 Å². The molecular weight excluding hydrogens is 458 g/mol. The highest BCUT2D eigenvalue weighted by Crippen LogP contribution is 2.29. The Morgan fingerprint density at radius 2 is 1.92 bits per heavy atom. The number of benzene rings is 2. The van der Waals surface area contributed by atoms with E-state index in [2.05, 4.69) is 14.5 Å². The number of aliphatic hydroxyl groups is 1. The summed E-state index contributed by atoms with van der Waals surface area (Å²) in [6.45, 7) is 8.28. The normalized spacial score (nSPS) is 18.6. The summed E-state index contributed by atoms with van der Waals surface area (Å²) in [4.78, 5) is 6.44. The van der Waals surface area contributed by atoms with E-state index in [9.17, 15) is 5.11 Å². The van der Waals surface area contributed by atoms with Gasteiger partial charge in [-0.3, -0.25) is 4.90 Å². The Morgan fingerprint density at radius 3 is 2.67 bits per heavy atom. The average molecular weight is 496 g/mol. The Hall–Kier alpha value is -3.07. The van der Waals surface area contributed by atoms with E-state index >= 15 is 0 Å². The first-order chi connectivity index (χ1) is 17.4. The van der Waals surface area contributed by atoms with Crippen molar-refractivity contribution in [2.45, 2.75) is 39.0 Å². The maximum Gasteiger partial charge on any atom is 0.161 e. The standard InChI is InChI=1S/C28H37N3O5/c1-22-5-8-25(9-6-22)36-21-28(32)19-30(14-16-34-20-28)18-24-7-10-26(27(17-24)33-3)35-15-4-12-31-13-11-29-23(31)2/h5-11,13,17,32H,4,12,14-16,18-21H2,1-3H3. The summed E-state index contributed by atoms with van der Waals surface area (Å²) in [6, 6.07) is 13.8. The van der Waals surface area contributed by atoms with Crippen molar-refractivity contribution in [2.24, 2.45) is 0 Å². The molecule has 4 rings (SSSR count). The lowest BCUT2D eigenvalue weighted by Gasteiger charge is -2.30. The third-order valence-corrected chi connectivity index (χ3v) is 6.33. The number of ether oxygens (including phenoxy) is 4. The van der Waals surface area contributed by atoms with E-state index in [1.807, 2.05) is 68.7 Å². The van der Waals surface area contributed by atoms with Gasteiger partial charge in [-0.05, 0) is 50.1 Å². The molecule has 8 heteroatoms. The number of hydrogen-bond acceptors (Lipinski definition) is 7. The molecule has 1 N–H and O–H groups in total. The van der Waals surface area contributed by atoms with Crippen molar-refractivity contribution in [3.05, 3.63) is 71.8 Å². The molecule has 1 aromatic heterocycles. The lowest BCUT2D eigenvalue weighted by atomic mass is 10.1. The second kappa shape index (κ2) is 12.3. The van der Waals surface area contributed by atoms with Gasteiger partial charge in [0.1, 0.15) is 23.8 Å². The highest BCUT2D eigenvalue weighted by atomic mass is 16.5. The summed E-state index contributed by atoms with van der Waals surface area (Å²) in [5, 5.41) is 11.2. The molecule has 0 radical (unpaired) electrons. The van der Waals surface area contributed by atoms with Gasteiger partial charge in [-0.15, -0.1) is 0 Å². The van der Waals surface area contributed by atoms with Crippen molar-refractivity contribution in [3.63, 3.8) is 0 Å². The van der Waals surface area contributed by atoms with E-state index in [4.69, 9.17) is 18.9 Å². The van der Waals surface area contributed by atoms with Crippen LogP contribution < -0.4 is 14.2 Å². The van der Waals surface area contributed by atoms with Crippen molar-refractivity contribution in [2.75, 3.05) is 46.6 Å². The lowest BCUT2D eigenvalue weighted by Crippen LogP contribution is -2.48. The van der Waals surface area contributed by atoms with Crippen LogP contribution in [0.15, 0.2) is 54.9 Å². The molecule has 8 nitrogen and oxygen atoms in total. The second-order valence-electron chi connectivity index (χ2n) is 9.44. The maximum absolute atomic E-state index is 11.2. The number of hydrogen-bond donors (Lipinski definition) is 1. The highest BCUT2D eigenvalue weighted by Gasteiger charge is 2.33. The molecule has 0 bridgehead atoms. The smallest absolute Gasteiger partial charge is 0.161 e. The number of aryl methyl sites for hydroxylation is 3. The molecule has 36 heavy (non-hydrogen) atoms. The van der Waals surface area contributed by atoms with Gasteiger partial charge in [0, 0.05) is 38.6 Å². The fourth-order valence-corrected chi connectivity index (χ4v) is 4.32. The molecule has 3 aromatic rings. The summed E-state index contributed by atoms with van der Waals surface area (Å²) in [5.74, 6) is 3.18. The van der Waals surface area contributed by atoms with Gasteiger partial charge >= 0.3 is 0 Å². The Morgan fingerprint density at radius 1 is 1.08 bits per heavy atom. The van der Waals surface area contributed by atoms with Gasteiger partial charge in [0.15, 0.2) is 11.5 Å². The summed E-state index contributed by atoms with van der Waals surface area (Å²) < 4.78 is 25.3. The quantitative estimate of drug-likeness (QED) is 0.407. The number of aromatic nitrogens is 2. The van der Waals surface area contributed by atoms with Gasteiger partial charge in [0.25, 0.3) is 0 Å². The van der Waals surface area contributed by atoms with Gasteiger partial charge in [0.05, 0.1) is 26.9 Å². The number of imidazole rings is 1. The number of nitrogens with zero attached hydrogens (tertiary/aromatic N) is 3. The van der Waals surface area contributed by atoms with Crippen LogP contribution in [0.1, 0.15) is 23.4 Å². The molecule has 1 aliphatic rings. The van der Waals surface area contributed by atoms with Crippen LogP contribution in [0.3, 0.4) is 0 Å². The van der Waals surface area contributed by atoms with Crippen LogP contribution in [0.25, 0.3) is 0 Å². The predicted molar refractivity (Wildman–Crippen MR) is 138 cm³/mol. The zero-order valence-electron chi connectivity index (χ0n) is 21.5. The summed E-state index contributed by atoms with van der Waals surface area (Å²) in [5.41, 5.74) is 1.15. The summed E-state index contributed by atoms with van der Waals surface area (Å²) in [6.07, 6.45) is 4.67. The Bertz CT molecular complexity index is 1100. The Balaban J connectivity index is 1.31. The number of methoxy groups -OCH3 is 1. The lowest BCUT2D eigenvalue weighted by molar-refractivity contribution is -0.0646. The van der Waals surface area contributed by atoms with Crippen molar-refractivity contribution in [3.8, 4) is 17.2 Å². The van der Waals surface area contributed by atoms with Gasteiger partial charge in [-0.2, -0.15) is 0 Å². The fourth-order valence-electron chi connectivity index (χ4n) is 4.32. The van der Waals surface area contributed by atoms with Crippen molar-refractivity contribution in [1.29, 1.82) is 0 Å². The molecule has 1 unspecified atom stereocenters. The molecule has 2 heterocycles. The van der Waals surface area contributed by atoms with Crippen LogP contribution in [0, 0.1) is 13.8 Å². The minimum atomic E-state index is -1.10. The molecule has 1 saturated heterocycles. The minimum Gasteiger partial charge on any atom is -0.493 e. The minimum absolute atomic E-state index is 0.168. The van der Waals surface area contributed by atoms with E-state index in [0.717, 1.165) is 42.4 Å². The molecule has 0 saturated carbocycles. The monoisotopic (exact) mass is 495 g/mol. The highest BCUT2D eigenvalue weighted by molar-refractivity contribution is 5.43. The van der Waals surface area contributed by atoms with Gasteiger partial charge in [-0.25, -0.2) is 4.98 Å². The predicted octanol–water partition coefficient (Wildman–Crippen LogP) is 3.62. The average Bonchev–Trinajstić information content (AvgIpc) is 3.19. The molecule has 0 aliphatic carbocycles. The molecule has 194 valence electrons. The van der Waals surface area contributed by atoms with Crippen molar-refractivity contribution >= 4 is 0 Å². The fraction of sp³-hybridized carbons (Fsp3) is 0.464. The number of β-amino-alcohol motifs (C(OH)–C–C–N with tert-alkyl or cyclic N) is 1. The maximum atomic E-state index is 11.2. The van der Waals surface area contributed by atoms with E-state index in [0.29, 0.717) is 32.1 Å². The summed E-state index contributed by atoms with van der Waals surface area (Å²) >= 11 is 0. The molecule has 2 aromatic carbocycles. The van der Waals surface area contributed by atoms with Crippen LogP contribution in [-0.2, 0) is 17.8 Å². The Labute approximate surface area is 213 Å². The third kappa shape index (κ3) is 7.22. The zero-order chi connectivity index (χ0) is 25.4. The van der Waals surface area contributed by atoms with Crippen LogP contribution >= 0.6 is 0 Å². The van der Waals surface area contributed by atoms with Crippen LogP contribution in [0.2, 0.25) is 0 Å². The third-order valence-electron chi connectivity index (χ3n) is 6.33.